The molecule has 1 amide bonds. The van der Waals surface area contributed by atoms with E-state index >= 15 is 0 Å². The molecule has 2 aromatic rings. The number of rotatable bonds is 2. The number of nitrogen functional groups attached to an aromatic ring is 1. The molecule has 0 atom stereocenters. The van der Waals surface area contributed by atoms with Gasteiger partial charge in [-0.3, -0.25) is 4.90 Å². The van der Waals surface area contributed by atoms with Crippen molar-refractivity contribution in [3.63, 3.8) is 0 Å². The van der Waals surface area contributed by atoms with Gasteiger partial charge < -0.3 is 10.5 Å². The third kappa shape index (κ3) is 4.22. The molecule has 0 aliphatic rings. The second-order valence-corrected chi connectivity index (χ2v) is 6.32. The van der Waals surface area contributed by atoms with Gasteiger partial charge in [-0.05, 0) is 56.7 Å². The normalized spacial score (nSPS) is 11.2. The Hall–Kier alpha value is -2.56. The Morgan fingerprint density at radius 1 is 1.13 bits per heavy atom. The maximum atomic E-state index is 13.4. The van der Waals surface area contributed by atoms with Gasteiger partial charge in [0.15, 0.2) is 0 Å². The number of carbonyl (C=O) groups excluding carboxylic acids is 1. The van der Waals surface area contributed by atoms with E-state index in [0.717, 1.165) is 5.56 Å². The lowest BCUT2D eigenvalue weighted by Gasteiger charge is -2.24. The summed E-state index contributed by atoms with van der Waals surface area (Å²) in [5.41, 5.74) is 7.91. The summed E-state index contributed by atoms with van der Waals surface area (Å²) < 4.78 is 18.7. The maximum absolute atomic E-state index is 13.4. The van der Waals surface area contributed by atoms with Crippen molar-refractivity contribution < 1.29 is 13.9 Å². The molecule has 0 radical (unpaired) electrons. The lowest BCUT2D eigenvalue weighted by molar-refractivity contribution is 0.0589. The lowest BCUT2D eigenvalue weighted by atomic mass is 10.0. The van der Waals surface area contributed by atoms with Crippen molar-refractivity contribution in [1.82, 2.24) is 0 Å². The van der Waals surface area contributed by atoms with E-state index in [2.05, 4.69) is 0 Å². The smallest absolute Gasteiger partial charge is 0.414 e. The van der Waals surface area contributed by atoms with Crippen LogP contribution in [0.15, 0.2) is 42.5 Å². The summed E-state index contributed by atoms with van der Waals surface area (Å²) in [6.45, 7) is 5.44. The Morgan fingerprint density at radius 3 is 2.30 bits per heavy atom. The van der Waals surface area contributed by atoms with Gasteiger partial charge in [0.25, 0.3) is 0 Å². The first-order chi connectivity index (χ1) is 10.7. The minimum absolute atomic E-state index is 0.343. The van der Waals surface area contributed by atoms with Crippen LogP contribution in [-0.4, -0.2) is 18.7 Å². The number of halogens is 1. The Balaban J connectivity index is 2.22. The van der Waals surface area contributed by atoms with Crippen molar-refractivity contribution in [2.45, 2.75) is 26.4 Å². The van der Waals surface area contributed by atoms with Crippen molar-refractivity contribution in [2.75, 3.05) is 17.7 Å². The lowest BCUT2D eigenvalue weighted by Crippen LogP contribution is -2.34. The first-order valence-electron chi connectivity index (χ1n) is 7.29. The topological polar surface area (TPSA) is 55.6 Å². The van der Waals surface area contributed by atoms with Crippen LogP contribution >= 0.6 is 0 Å². The van der Waals surface area contributed by atoms with Crippen molar-refractivity contribution >= 4 is 17.5 Å². The predicted octanol–water partition coefficient (Wildman–Crippen LogP) is 4.45. The highest BCUT2D eigenvalue weighted by atomic mass is 19.1. The Morgan fingerprint density at radius 2 is 1.74 bits per heavy atom. The summed E-state index contributed by atoms with van der Waals surface area (Å²) in [6, 6.07) is 11.4. The van der Waals surface area contributed by atoms with Crippen LogP contribution in [0.1, 0.15) is 20.8 Å². The second kappa shape index (κ2) is 6.28. The Kier molecular flexibility index (Phi) is 4.59. The number of benzene rings is 2. The molecule has 4 nitrogen and oxygen atoms in total. The van der Waals surface area contributed by atoms with E-state index in [0.29, 0.717) is 16.9 Å². The molecule has 0 spiro atoms. The van der Waals surface area contributed by atoms with Crippen LogP contribution in [0.4, 0.5) is 20.6 Å². The zero-order valence-corrected chi connectivity index (χ0v) is 13.8. The van der Waals surface area contributed by atoms with Crippen molar-refractivity contribution in [1.29, 1.82) is 0 Å². The van der Waals surface area contributed by atoms with Gasteiger partial charge in [-0.15, -0.1) is 0 Å². The Labute approximate surface area is 135 Å². The van der Waals surface area contributed by atoms with Crippen LogP contribution in [0.2, 0.25) is 0 Å². The van der Waals surface area contributed by atoms with Crippen LogP contribution in [0, 0.1) is 5.82 Å². The molecule has 0 unspecified atom stereocenters. The number of carbonyl (C=O) groups is 1. The van der Waals surface area contributed by atoms with E-state index in [4.69, 9.17) is 10.5 Å². The van der Waals surface area contributed by atoms with Gasteiger partial charge >= 0.3 is 6.09 Å². The average molecular weight is 316 g/mol. The minimum Gasteiger partial charge on any atom is -0.443 e. The largest absolute Gasteiger partial charge is 0.443 e. The first kappa shape index (κ1) is 16.8. The van der Waals surface area contributed by atoms with Gasteiger partial charge in [0.05, 0.1) is 0 Å². The zero-order valence-electron chi connectivity index (χ0n) is 13.8. The molecule has 2 rings (SSSR count). The number of hydrogen-bond acceptors (Lipinski definition) is 3. The van der Waals surface area contributed by atoms with Gasteiger partial charge in [-0.25, -0.2) is 9.18 Å². The van der Waals surface area contributed by atoms with Gasteiger partial charge in [-0.1, -0.05) is 12.1 Å². The SMILES string of the molecule is CN(C(=O)OC(C)(C)C)c1ccc(-c2cc(F)ccc2N)cc1. The predicted molar refractivity (Wildman–Crippen MR) is 90.9 cm³/mol. The molecule has 122 valence electrons. The van der Waals surface area contributed by atoms with E-state index in [1.54, 1.807) is 31.3 Å². The monoisotopic (exact) mass is 316 g/mol. The van der Waals surface area contributed by atoms with Gasteiger partial charge in [-0.2, -0.15) is 0 Å². The number of nitrogens with zero attached hydrogens (tertiary/aromatic N) is 1. The summed E-state index contributed by atoms with van der Waals surface area (Å²) in [7, 11) is 1.64. The fraction of sp³-hybridized carbons (Fsp3) is 0.278. The molecule has 0 bridgehead atoms. The van der Waals surface area contributed by atoms with Crippen LogP contribution in [0.25, 0.3) is 11.1 Å². The number of hydrogen-bond donors (Lipinski definition) is 1. The fourth-order valence-corrected chi connectivity index (χ4v) is 2.08. The maximum Gasteiger partial charge on any atom is 0.414 e. The van der Waals surface area contributed by atoms with Gasteiger partial charge in [0.2, 0.25) is 0 Å². The van der Waals surface area contributed by atoms with E-state index in [1.165, 1.54) is 23.1 Å². The number of anilines is 2. The second-order valence-electron chi connectivity index (χ2n) is 6.32. The molecule has 5 heteroatoms. The third-order valence-electron chi connectivity index (χ3n) is 3.25. The van der Waals surface area contributed by atoms with Crippen LogP contribution in [0.3, 0.4) is 0 Å². The first-order valence-corrected chi connectivity index (χ1v) is 7.29. The van der Waals surface area contributed by atoms with Crippen molar-refractivity contribution in [3.05, 3.63) is 48.3 Å². The fourth-order valence-electron chi connectivity index (χ4n) is 2.08. The number of amides is 1. The Bertz CT molecular complexity index is 706. The highest BCUT2D eigenvalue weighted by Crippen LogP contribution is 2.28. The summed E-state index contributed by atoms with van der Waals surface area (Å²) in [5, 5.41) is 0. The van der Waals surface area contributed by atoms with Crippen LogP contribution in [-0.2, 0) is 4.74 Å². The van der Waals surface area contributed by atoms with Crippen LogP contribution < -0.4 is 10.6 Å². The van der Waals surface area contributed by atoms with E-state index in [9.17, 15) is 9.18 Å². The number of nitrogens with two attached hydrogens (primary N) is 1. The molecule has 0 saturated carbocycles. The molecule has 0 heterocycles. The molecule has 0 fully saturated rings. The summed E-state index contributed by atoms with van der Waals surface area (Å²) in [4.78, 5) is 13.5. The van der Waals surface area contributed by atoms with E-state index in [1.807, 2.05) is 20.8 Å². The van der Waals surface area contributed by atoms with Crippen molar-refractivity contribution in [3.8, 4) is 11.1 Å². The number of ether oxygens (including phenoxy) is 1. The molecular weight excluding hydrogens is 295 g/mol. The minimum atomic E-state index is -0.554. The highest BCUT2D eigenvalue weighted by molar-refractivity contribution is 5.88. The summed E-state index contributed by atoms with van der Waals surface area (Å²) in [5.74, 6) is -0.343. The summed E-state index contributed by atoms with van der Waals surface area (Å²) >= 11 is 0. The molecular formula is C18H21FN2O2. The molecule has 2 aromatic carbocycles. The summed E-state index contributed by atoms with van der Waals surface area (Å²) in [6.07, 6.45) is -0.435. The standard InChI is InChI=1S/C18H21FN2O2/c1-18(2,3)23-17(22)21(4)14-8-5-12(6-9-14)15-11-13(19)7-10-16(15)20/h5-11H,20H2,1-4H3. The molecule has 0 aliphatic carbocycles. The van der Waals surface area contributed by atoms with Gasteiger partial charge in [0, 0.05) is 24.0 Å². The highest BCUT2D eigenvalue weighted by Gasteiger charge is 2.20. The molecule has 2 N–H and O–H groups in total. The quantitative estimate of drug-likeness (QED) is 0.833. The van der Waals surface area contributed by atoms with E-state index in [-0.39, 0.29) is 5.82 Å². The zero-order chi connectivity index (χ0) is 17.2. The third-order valence-corrected chi connectivity index (χ3v) is 3.25. The molecule has 0 aromatic heterocycles. The molecule has 0 aliphatic heterocycles. The van der Waals surface area contributed by atoms with Crippen molar-refractivity contribution in [2.24, 2.45) is 0 Å². The molecule has 23 heavy (non-hydrogen) atoms. The van der Waals surface area contributed by atoms with E-state index < -0.39 is 11.7 Å². The molecule has 0 saturated heterocycles. The van der Waals surface area contributed by atoms with Gasteiger partial charge in [0.1, 0.15) is 11.4 Å². The average Bonchev–Trinajstić information content (AvgIpc) is 2.47. The van der Waals surface area contributed by atoms with Crippen LogP contribution in [0.5, 0.6) is 0 Å².